The number of piperidine rings is 1. The lowest BCUT2D eigenvalue weighted by atomic mass is 10.1. The predicted molar refractivity (Wildman–Crippen MR) is 112 cm³/mol. The average molecular weight is 426 g/mol. The first-order chi connectivity index (χ1) is 14.5. The van der Waals surface area contributed by atoms with E-state index in [1.54, 1.807) is 6.20 Å². The molecular weight excluding hydrogens is 404 g/mol. The van der Waals surface area contributed by atoms with Crippen molar-refractivity contribution < 1.29 is 22.7 Å². The molecule has 156 valence electrons. The largest absolute Gasteiger partial charge is 0.454 e. The average Bonchev–Trinajstić information content (AvgIpc) is 3.22. The number of esters is 1. The molecule has 0 spiro atoms. The fourth-order valence-corrected chi connectivity index (χ4v) is 5.13. The molecule has 2 heterocycles. The third-order valence-electron chi connectivity index (χ3n) is 5.27. The van der Waals surface area contributed by atoms with Crippen molar-refractivity contribution in [2.45, 2.75) is 24.2 Å². The summed E-state index contributed by atoms with van der Waals surface area (Å²) in [6, 6.07) is 13.0. The van der Waals surface area contributed by atoms with E-state index in [1.807, 2.05) is 24.3 Å². The maximum Gasteiger partial charge on any atom is 0.338 e. The van der Waals surface area contributed by atoms with E-state index >= 15 is 0 Å². The van der Waals surface area contributed by atoms with Crippen molar-refractivity contribution in [2.75, 3.05) is 19.7 Å². The summed E-state index contributed by atoms with van der Waals surface area (Å²) in [7, 11) is -3.56. The van der Waals surface area contributed by atoms with Gasteiger partial charge in [-0.15, -0.1) is 0 Å². The van der Waals surface area contributed by atoms with Crippen molar-refractivity contribution in [1.82, 2.24) is 9.29 Å². The van der Waals surface area contributed by atoms with E-state index < -0.39 is 22.6 Å². The molecule has 8 heteroatoms. The SMILES string of the molecule is O=C(OCC(=O)c1c[nH]c2ccccc12)c1ccc(S(=O)(=O)N2CCCCC2)cc1. The van der Waals surface area contributed by atoms with Crippen LogP contribution in [0.4, 0.5) is 0 Å². The fraction of sp³-hybridized carbons (Fsp3) is 0.273. The lowest BCUT2D eigenvalue weighted by Crippen LogP contribution is -2.35. The summed E-state index contributed by atoms with van der Waals surface area (Å²) in [5.74, 6) is -0.991. The lowest BCUT2D eigenvalue weighted by Gasteiger charge is -2.25. The van der Waals surface area contributed by atoms with E-state index in [1.165, 1.54) is 28.6 Å². The van der Waals surface area contributed by atoms with Gasteiger partial charge < -0.3 is 9.72 Å². The molecule has 1 aromatic heterocycles. The molecule has 0 saturated carbocycles. The second kappa shape index (κ2) is 8.41. The van der Waals surface area contributed by atoms with Gasteiger partial charge >= 0.3 is 5.97 Å². The van der Waals surface area contributed by atoms with Crippen LogP contribution in [0.25, 0.3) is 10.9 Å². The molecular formula is C22H22N2O5S. The number of nitrogens with zero attached hydrogens (tertiary/aromatic N) is 1. The molecule has 1 fully saturated rings. The molecule has 0 radical (unpaired) electrons. The second-order valence-corrected chi connectivity index (χ2v) is 9.17. The van der Waals surface area contributed by atoms with Gasteiger partial charge in [-0.3, -0.25) is 4.79 Å². The van der Waals surface area contributed by atoms with Crippen LogP contribution in [-0.4, -0.2) is 49.2 Å². The van der Waals surface area contributed by atoms with Crippen molar-refractivity contribution in [2.24, 2.45) is 0 Å². The molecule has 0 aliphatic carbocycles. The van der Waals surface area contributed by atoms with Gasteiger partial charge in [-0.05, 0) is 43.2 Å². The number of H-pyrrole nitrogens is 1. The smallest absolute Gasteiger partial charge is 0.338 e. The summed E-state index contributed by atoms with van der Waals surface area (Å²) in [4.78, 5) is 27.9. The third-order valence-corrected chi connectivity index (χ3v) is 7.18. The zero-order chi connectivity index (χ0) is 21.1. The Labute approximate surface area is 174 Å². The van der Waals surface area contributed by atoms with E-state index in [2.05, 4.69) is 4.98 Å². The van der Waals surface area contributed by atoms with Crippen LogP contribution in [0.2, 0.25) is 0 Å². The van der Waals surface area contributed by atoms with Crippen LogP contribution in [0.15, 0.2) is 59.6 Å². The molecule has 7 nitrogen and oxygen atoms in total. The standard InChI is InChI=1S/C22H22N2O5S/c25-21(19-14-23-20-7-3-2-6-18(19)20)15-29-22(26)16-8-10-17(11-9-16)30(27,28)24-12-4-1-5-13-24/h2-3,6-11,14,23H,1,4-5,12-13,15H2. The van der Waals surface area contributed by atoms with Gasteiger partial charge in [0, 0.05) is 35.8 Å². The number of nitrogens with one attached hydrogen (secondary N) is 1. The zero-order valence-electron chi connectivity index (χ0n) is 16.3. The molecule has 0 atom stereocenters. The first-order valence-electron chi connectivity index (χ1n) is 9.83. The van der Waals surface area contributed by atoms with Crippen LogP contribution in [-0.2, 0) is 14.8 Å². The van der Waals surface area contributed by atoms with E-state index in [4.69, 9.17) is 4.74 Å². The summed E-state index contributed by atoms with van der Waals surface area (Å²) in [6.07, 6.45) is 4.34. The number of benzene rings is 2. The highest BCUT2D eigenvalue weighted by Crippen LogP contribution is 2.21. The Kier molecular flexibility index (Phi) is 5.69. The van der Waals surface area contributed by atoms with Crippen LogP contribution in [0.1, 0.15) is 40.0 Å². The Morgan fingerprint density at radius 1 is 0.967 bits per heavy atom. The van der Waals surface area contributed by atoms with Crippen LogP contribution in [0.5, 0.6) is 0 Å². The molecule has 0 bridgehead atoms. The molecule has 2 aromatic carbocycles. The van der Waals surface area contributed by atoms with Gasteiger partial charge in [0.2, 0.25) is 15.8 Å². The molecule has 1 aliphatic heterocycles. The summed E-state index contributed by atoms with van der Waals surface area (Å²) in [5, 5.41) is 0.769. The van der Waals surface area contributed by atoms with Crippen LogP contribution < -0.4 is 0 Å². The Morgan fingerprint density at radius 2 is 1.67 bits per heavy atom. The molecule has 4 rings (SSSR count). The highest BCUT2D eigenvalue weighted by molar-refractivity contribution is 7.89. The summed E-state index contributed by atoms with van der Waals surface area (Å²) >= 11 is 0. The quantitative estimate of drug-likeness (QED) is 0.481. The molecule has 1 saturated heterocycles. The number of hydrogen-bond acceptors (Lipinski definition) is 5. The van der Waals surface area contributed by atoms with Crippen molar-refractivity contribution >= 4 is 32.7 Å². The Bertz CT molecular complexity index is 1180. The number of aromatic amines is 1. The van der Waals surface area contributed by atoms with Crippen molar-refractivity contribution in [3.63, 3.8) is 0 Å². The topological polar surface area (TPSA) is 96.5 Å². The first-order valence-corrected chi connectivity index (χ1v) is 11.3. The minimum atomic E-state index is -3.56. The van der Waals surface area contributed by atoms with Gasteiger partial charge in [0.25, 0.3) is 0 Å². The number of ketones is 1. The molecule has 3 aromatic rings. The molecule has 0 amide bonds. The number of Topliss-reactive ketones (excluding diaryl/α,β-unsaturated/α-hetero) is 1. The number of fused-ring (bicyclic) bond motifs is 1. The van der Waals surface area contributed by atoms with Gasteiger partial charge in [-0.2, -0.15) is 4.31 Å². The summed E-state index contributed by atoms with van der Waals surface area (Å²) in [5.41, 5.74) is 1.48. The summed E-state index contributed by atoms with van der Waals surface area (Å²) in [6.45, 7) is 0.638. The minimum Gasteiger partial charge on any atom is -0.454 e. The highest BCUT2D eigenvalue weighted by Gasteiger charge is 2.26. The number of hydrogen-bond donors (Lipinski definition) is 1. The number of aromatic nitrogens is 1. The minimum absolute atomic E-state index is 0.149. The van der Waals surface area contributed by atoms with Gasteiger partial charge in [0.1, 0.15) is 0 Å². The van der Waals surface area contributed by atoms with E-state index in [0.717, 1.165) is 30.2 Å². The van der Waals surface area contributed by atoms with Gasteiger partial charge in [-0.1, -0.05) is 24.6 Å². The van der Waals surface area contributed by atoms with E-state index in [0.29, 0.717) is 18.7 Å². The normalized spacial score (nSPS) is 15.2. The van der Waals surface area contributed by atoms with Gasteiger partial charge in [0.15, 0.2) is 6.61 Å². The monoisotopic (exact) mass is 426 g/mol. The highest BCUT2D eigenvalue weighted by atomic mass is 32.2. The second-order valence-electron chi connectivity index (χ2n) is 7.24. The first kappa shape index (κ1) is 20.3. The molecule has 1 aliphatic rings. The fourth-order valence-electron chi connectivity index (χ4n) is 3.61. The Morgan fingerprint density at radius 3 is 2.40 bits per heavy atom. The maximum absolute atomic E-state index is 12.7. The Hall–Kier alpha value is -2.97. The van der Waals surface area contributed by atoms with Crippen molar-refractivity contribution in [3.05, 3.63) is 65.9 Å². The Balaban J connectivity index is 1.41. The molecule has 1 N–H and O–H groups in total. The van der Waals surface area contributed by atoms with Crippen LogP contribution in [0.3, 0.4) is 0 Å². The summed E-state index contributed by atoms with van der Waals surface area (Å²) < 4.78 is 32.0. The number of carbonyl (C=O) groups is 2. The number of rotatable bonds is 6. The van der Waals surface area contributed by atoms with Gasteiger partial charge in [0.05, 0.1) is 10.5 Å². The number of para-hydroxylation sites is 1. The van der Waals surface area contributed by atoms with E-state index in [9.17, 15) is 18.0 Å². The number of ether oxygens (including phenoxy) is 1. The van der Waals surface area contributed by atoms with Crippen LogP contribution in [0, 0.1) is 0 Å². The zero-order valence-corrected chi connectivity index (χ0v) is 17.2. The number of sulfonamides is 1. The van der Waals surface area contributed by atoms with Gasteiger partial charge in [-0.25, -0.2) is 13.2 Å². The maximum atomic E-state index is 12.7. The van der Waals surface area contributed by atoms with Crippen molar-refractivity contribution in [1.29, 1.82) is 0 Å². The van der Waals surface area contributed by atoms with Crippen LogP contribution >= 0.6 is 0 Å². The van der Waals surface area contributed by atoms with Crippen molar-refractivity contribution in [3.8, 4) is 0 Å². The van der Waals surface area contributed by atoms with E-state index in [-0.39, 0.29) is 16.2 Å². The third kappa shape index (κ3) is 4.01. The molecule has 0 unspecified atom stereocenters. The molecule has 30 heavy (non-hydrogen) atoms. The number of carbonyl (C=O) groups excluding carboxylic acids is 2. The predicted octanol–water partition coefficient (Wildman–Crippen LogP) is 3.38. The lowest BCUT2D eigenvalue weighted by molar-refractivity contribution is 0.0475.